The molecule has 1 aromatic carbocycles. The van der Waals surface area contributed by atoms with Crippen LogP contribution in [0.4, 0.5) is 0 Å². The van der Waals surface area contributed by atoms with Crippen LogP contribution in [-0.2, 0) is 137 Å². The summed E-state index contributed by atoms with van der Waals surface area (Å²) in [6.07, 6.45) is -44.2. The smallest absolute Gasteiger partial charge is 0.416 e. The van der Waals surface area contributed by atoms with Gasteiger partial charge in [0.25, 0.3) is 0 Å². The zero-order valence-corrected chi connectivity index (χ0v) is 45.1. The predicted octanol–water partition coefficient (Wildman–Crippen LogP) is -11.6. The number of rotatable bonds is 26. The molecule has 5 rings (SSSR count). The highest BCUT2D eigenvalue weighted by molar-refractivity contribution is 7.82. The summed E-state index contributed by atoms with van der Waals surface area (Å²) in [6, 6.07) is 1.46. The SMILES string of the molecule is CC(=O)NC1[C@H](O[C@@H]2C(C(=O)ON)O[C@@H](O[C@@H]3C(COS(=O)(=O)ON)O[C@H](O[C@H]4C(C(=O)ON)O[C@@H](Oc5ccc(C)cc5)C(OS(=O)(=O)ON)[C@@H]4O)C(NC(C)=O)[C@H]3O)C(OS(=O)(=O)ON)[C@@H]2O)OC(COS(=O)(=O)ON)[C@@H](O)[C@@H]1O. The molecule has 4 heterocycles. The van der Waals surface area contributed by atoms with Gasteiger partial charge in [0.15, 0.2) is 43.3 Å². The summed E-state index contributed by atoms with van der Waals surface area (Å²) in [4.78, 5) is 60.5. The number of nitrogens with two attached hydrogens (primary N) is 6. The van der Waals surface area contributed by atoms with Crippen molar-refractivity contribution in [1.82, 2.24) is 10.6 Å². The third-order valence-corrected chi connectivity index (χ3v) is 14.4. The van der Waals surface area contributed by atoms with Crippen LogP contribution in [0.15, 0.2) is 24.3 Å². The quantitative estimate of drug-likeness (QED) is 0.0383. The number of nitrogens with one attached hydrogen (secondary N) is 2. The largest absolute Gasteiger partial charge is 0.462 e. The fraction of sp³-hybridized carbons (Fsp3) is 0.714. The molecular formula is C35H56N8O35S4. The van der Waals surface area contributed by atoms with Gasteiger partial charge in [0, 0.05) is 13.8 Å². The number of benzene rings is 1. The van der Waals surface area contributed by atoms with Crippen molar-refractivity contribution in [3.05, 3.63) is 29.8 Å². The highest BCUT2D eigenvalue weighted by Crippen LogP contribution is 2.38. The van der Waals surface area contributed by atoms with Crippen LogP contribution < -0.4 is 50.8 Å². The molecule has 19 N–H and O–H groups in total. The first kappa shape index (κ1) is 68.4. The van der Waals surface area contributed by atoms with Gasteiger partial charge in [-0.15, -0.1) is 0 Å². The third kappa shape index (κ3) is 17.4. The lowest BCUT2D eigenvalue weighted by Crippen LogP contribution is -2.71. The van der Waals surface area contributed by atoms with Crippen molar-refractivity contribution in [2.45, 2.75) is 143 Å². The van der Waals surface area contributed by atoms with Crippen LogP contribution in [0, 0.1) is 6.92 Å². The minimum atomic E-state index is -5.63. The molecule has 470 valence electrons. The molecule has 4 aliphatic rings. The van der Waals surface area contributed by atoms with E-state index in [0.29, 0.717) is 5.56 Å². The Kier molecular flexibility index (Phi) is 24.0. The zero-order valence-electron chi connectivity index (χ0n) is 41.9. The lowest BCUT2D eigenvalue weighted by atomic mass is 9.94. The normalized spacial score (nSPS) is 34.8. The second-order valence-electron chi connectivity index (χ2n) is 17.2. The Morgan fingerprint density at radius 1 is 0.488 bits per heavy atom. The van der Waals surface area contributed by atoms with E-state index in [2.05, 4.69) is 47.5 Å². The topological polar surface area (TPSA) is 652 Å². The third-order valence-electron chi connectivity index (χ3n) is 11.7. The molecule has 82 heavy (non-hydrogen) atoms. The highest BCUT2D eigenvalue weighted by Gasteiger charge is 2.60. The first-order chi connectivity index (χ1) is 38.2. The number of amides is 2. The molecule has 0 bridgehead atoms. The van der Waals surface area contributed by atoms with E-state index in [1.54, 1.807) is 6.92 Å². The van der Waals surface area contributed by atoms with Gasteiger partial charge in [-0.3, -0.25) is 9.59 Å². The van der Waals surface area contributed by atoms with E-state index in [0.717, 1.165) is 13.8 Å². The molecule has 4 fully saturated rings. The van der Waals surface area contributed by atoms with Gasteiger partial charge in [-0.05, 0) is 19.1 Å². The Labute approximate surface area is 462 Å². The van der Waals surface area contributed by atoms with Crippen molar-refractivity contribution in [3.8, 4) is 5.75 Å². The number of aryl methyl sites for hydroxylation is 1. The summed E-state index contributed by atoms with van der Waals surface area (Å²) in [7, 11) is -21.3. The van der Waals surface area contributed by atoms with Crippen molar-refractivity contribution < 1.29 is 160 Å². The molecule has 43 nitrogen and oxygen atoms in total. The van der Waals surface area contributed by atoms with Crippen LogP contribution in [0.1, 0.15) is 19.4 Å². The van der Waals surface area contributed by atoms with Gasteiger partial charge in [0.1, 0.15) is 78.9 Å². The lowest BCUT2D eigenvalue weighted by molar-refractivity contribution is -0.367. The molecular weight excluding hydrogens is 1220 g/mol. The van der Waals surface area contributed by atoms with Crippen LogP contribution in [0.2, 0.25) is 0 Å². The fourth-order valence-corrected chi connectivity index (χ4v) is 9.83. The second kappa shape index (κ2) is 28.7. The minimum Gasteiger partial charge on any atom is -0.462 e. The van der Waals surface area contributed by atoms with Crippen molar-refractivity contribution >= 4 is 65.3 Å². The number of hydrogen-bond acceptors (Lipinski definition) is 41. The van der Waals surface area contributed by atoms with E-state index in [4.69, 9.17) is 79.9 Å². The number of hydrogen-bond donors (Lipinski definition) is 13. The van der Waals surface area contributed by atoms with E-state index < -0.39 is 201 Å². The van der Waals surface area contributed by atoms with Crippen molar-refractivity contribution in [1.29, 1.82) is 0 Å². The molecule has 8 unspecified atom stereocenters. The van der Waals surface area contributed by atoms with Crippen LogP contribution in [0.3, 0.4) is 0 Å². The molecule has 47 heteroatoms. The van der Waals surface area contributed by atoms with Gasteiger partial charge in [-0.2, -0.15) is 86.2 Å². The first-order valence-corrected chi connectivity index (χ1v) is 27.8. The van der Waals surface area contributed by atoms with E-state index in [9.17, 15) is 78.4 Å². The maximum absolute atomic E-state index is 13.5. The van der Waals surface area contributed by atoms with Gasteiger partial charge in [-0.1, -0.05) is 17.7 Å². The Morgan fingerprint density at radius 3 is 1.30 bits per heavy atom. The van der Waals surface area contributed by atoms with E-state index in [1.807, 2.05) is 0 Å². The minimum absolute atomic E-state index is 0.105. The van der Waals surface area contributed by atoms with Crippen LogP contribution >= 0.6 is 0 Å². The molecule has 2 amide bonds. The highest BCUT2D eigenvalue weighted by atomic mass is 32.3. The number of ether oxygens (including phenoxy) is 8. The van der Waals surface area contributed by atoms with Crippen LogP contribution in [0.25, 0.3) is 0 Å². The molecule has 0 radical (unpaired) electrons. The lowest BCUT2D eigenvalue weighted by Gasteiger charge is -2.50. The predicted molar refractivity (Wildman–Crippen MR) is 245 cm³/mol. The van der Waals surface area contributed by atoms with E-state index in [-0.39, 0.29) is 5.75 Å². The summed E-state index contributed by atoms with van der Waals surface area (Å²) >= 11 is 0. The molecule has 4 aliphatic heterocycles. The standard InChI is InChI=1S/C35H56N8O35S4/c1-10-4-6-13(7-5-10)63-34-26(73-81(57,58)77-40)21(49)24(28(69-34)30(51)71-36)68-33-17(43-12(3)45)20(48)23(15(65-33)9-62-80(55,56)76-39)66-35-27(74-82(59,60)78-41)22(50)25(29(70-35)31(52)72-37)67-32-16(42-11(2)44)19(47)18(46)14(64-32)8-61-79(53,54)75-38/h4-7,14-29,32-35,46-50H,8-9,36-41H2,1-3H3,(H,42,44)(H,43,45)/t14?,15?,16?,17?,18-,19-,20-,21-,22-,23-,24-,25+,26?,27?,28?,29?,32+,33-,34-,35-/m1/s1. The van der Waals surface area contributed by atoms with Gasteiger partial charge >= 0.3 is 53.5 Å². The van der Waals surface area contributed by atoms with Crippen molar-refractivity contribution in [2.24, 2.45) is 35.4 Å². The maximum atomic E-state index is 13.5. The van der Waals surface area contributed by atoms with Gasteiger partial charge in [-0.25, -0.2) is 26.3 Å². The second-order valence-corrected chi connectivity index (χ2v) is 22.0. The summed E-state index contributed by atoms with van der Waals surface area (Å²) in [5.74, 6) is 23.9. The first-order valence-electron chi connectivity index (χ1n) is 22.5. The van der Waals surface area contributed by atoms with Crippen molar-refractivity contribution in [2.75, 3.05) is 13.2 Å². The van der Waals surface area contributed by atoms with Crippen molar-refractivity contribution in [3.63, 3.8) is 0 Å². The molecule has 20 atom stereocenters. The van der Waals surface area contributed by atoms with Crippen LogP contribution in [-0.4, -0.2) is 219 Å². The molecule has 0 saturated carbocycles. The van der Waals surface area contributed by atoms with Gasteiger partial charge < -0.3 is 83.7 Å². The monoisotopic (exact) mass is 1280 g/mol. The molecule has 0 aromatic heterocycles. The zero-order chi connectivity index (χ0) is 61.4. The summed E-state index contributed by atoms with van der Waals surface area (Å²) in [6.45, 7) is 0.600. The maximum Gasteiger partial charge on any atom is 0.416 e. The Hall–Kier alpha value is -4.34. The average Bonchev–Trinajstić information content (AvgIpc) is 3.57. The Bertz CT molecular complexity index is 2810. The molecule has 4 saturated heterocycles. The molecule has 1 aromatic rings. The molecule has 0 aliphatic carbocycles. The number of carbonyl (C=O) groups is 4. The van der Waals surface area contributed by atoms with E-state index >= 15 is 0 Å². The van der Waals surface area contributed by atoms with Gasteiger partial charge in [0.2, 0.25) is 18.1 Å². The number of aliphatic hydroxyl groups excluding tert-OH is 5. The Morgan fingerprint density at radius 2 is 0.878 bits per heavy atom. The summed E-state index contributed by atoms with van der Waals surface area (Å²) in [5.41, 5.74) is 0.691. The number of carbonyl (C=O) groups excluding carboxylic acids is 4. The van der Waals surface area contributed by atoms with Gasteiger partial charge in [0.05, 0.1) is 13.2 Å². The fourth-order valence-electron chi connectivity index (χ4n) is 8.07. The summed E-state index contributed by atoms with van der Waals surface area (Å²) < 4.78 is 180. The van der Waals surface area contributed by atoms with E-state index in [1.165, 1.54) is 24.3 Å². The number of aliphatic hydroxyl groups is 5. The Balaban J connectivity index is 1.59. The molecule has 0 spiro atoms. The van der Waals surface area contributed by atoms with Crippen LogP contribution in [0.5, 0.6) is 5.75 Å². The summed E-state index contributed by atoms with van der Waals surface area (Å²) in [5, 5.41) is 62.1. The average molecular weight is 1280 g/mol.